The van der Waals surface area contributed by atoms with E-state index in [1.165, 1.54) is 11.1 Å². The summed E-state index contributed by atoms with van der Waals surface area (Å²) in [6, 6.07) is 16.0. The third-order valence-corrected chi connectivity index (χ3v) is 7.19. The number of aliphatic hydroxyl groups is 1. The quantitative estimate of drug-likeness (QED) is 0.553. The van der Waals surface area contributed by atoms with E-state index in [0.29, 0.717) is 17.1 Å². The lowest BCUT2D eigenvalue weighted by Gasteiger charge is -2.42. The zero-order valence-electron chi connectivity index (χ0n) is 19.9. The lowest BCUT2D eigenvalue weighted by Crippen LogP contribution is -2.45. The number of aromatic nitrogens is 2. The van der Waals surface area contributed by atoms with E-state index < -0.39 is 0 Å². The molecule has 1 fully saturated rings. The second kappa shape index (κ2) is 9.95. The molecule has 1 aliphatic carbocycles. The van der Waals surface area contributed by atoms with Gasteiger partial charge in [0.1, 0.15) is 29.5 Å². The maximum Gasteiger partial charge on any atom is 0.152 e. The number of benzene rings is 2. The molecular weight excluding hydrogens is 440 g/mol. The monoisotopic (exact) mass is 470 g/mol. The second-order valence-corrected chi connectivity index (χ2v) is 9.16. The number of piperidine rings is 1. The Labute approximate surface area is 205 Å². The van der Waals surface area contributed by atoms with Gasteiger partial charge in [-0.15, -0.1) is 0 Å². The summed E-state index contributed by atoms with van der Waals surface area (Å²) >= 11 is 0. The van der Waals surface area contributed by atoms with E-state index in [9.17, 15) is 5.11 Å². The van der Waals surface area contributed by atoms with E-state index >= 15 is 0 Å². The SMILES string of the molecule is COc1cccc(OCC#Cc2cnc(N3CCC4(CC3)Cc3ccccc3[C@H]4N)c(CO)n2)c1. The Balaban J connectivity index is 1.22. The molecule has 0 amide bonds. The van der Waals surface area contributed by atoms with Gasteiger partial charge in [0.2, 0.25) is 0 Å². The number of hydrogen-bond donors (Lipinski definition) is 2. The summed E-state index contributed by atoms with van der Waals surface area (Å²) in [6.45, 7) is 1.69. The molecule has 180 valence electrons. The van der Waals surface area contributed by atoms with Crippen LogP contribution in [-0.4, -0.2) is 41.9 Å². The van der Waals surface area contributed by atoms with E-state index in [1.54, 1.807) is 19.4 Å². The molecule has 1 atom stereocenters. The van der Waals surface area contributed by atoms with Crippen LogP contribution in [0.4, 0.5) is 5.82 Å². The Hall–Kier alpha value is -3.60. The Bertz CT molecular complexity index is 1260. The van der Waals surface area contributed by atoms with Crippen molar-refractivity contribution >= 4 is 5.82 Å². The number of fused-ring (bicyclic) bond motifs is 1. The first-order valence-corrected chi connectivity index (χ1v) is 11.9. The minimum atomic E-state index is -0.190. The summed E-state index contributed by atoms with van der Waals surface area (Å²) in [5, 5.41) is 9.97. The molecule has 1 spiro atoms. The van der Waals surface area contributed by atoms with Crippen LogP contribution in [0.3, 0.4) is 0 Å². The lowest BCUT2D eigenvalue weighted by atomic mass is 9.73. The Morgan fingerprint density at radius 3 is 2.71 bits per heavy atom. The van der Waals surface area contributed by atoms with Crippen LogP contribution in [0, 0.1) is 17.3 Å². The molecule has 7 heteroatoms. The second-order valence-electron chi connectivity index (χ2n) is 9.16. The number of hydrogen-bond acceptors (Lipinski definition) is 7. The van der Waals surface area contributed by atoms with Crippen LogP contribution in [0.15, 0.2) is 54.7 Å². The zero-order valence-corrected chi connectivity index (χ0v) is 19.9. The maximum absolute atomic E-state index is 9.97. The van der Waals surface area contributed by atoms with Gasteiger partial charge in [0, 0.05) is 25.2 Å². The first kappa shape index (κ1) is 23.2. The van der Waals surface area contributed by atoms with Crippen molar-refractivity contribution in [2.24, 2.45) is 11.1 Å². The first-order valence-electron chi connectivity index (χ1n) is 11.9. The van der Waals surface area contributed by atoms with Crippen LogP contribution in [0.5, 0.6) is 11.5 Å². The molecule has 1 aliphatic heterocycles. The number of nitrogens with two attached hydrogens (primary N) is 1. The van der Waals surface area contributed by atoms with Crippen LogP contribution in [0.25, 0.3) is 0 Å². The fourth-order valence-electron chi connectivity index (χ4n) is 5.26. The predicted molar refractivity (Wildman–Crippen MR) is 134 cm³/mol. The summed E-state index contributed by atoms with van der Waals surface area (Å²) in [4.78, 5) is 11.4. The van der Waals surface area contributed by atoms with Gasteiger partial charge >= 0.3 is 0 Å². The Morgan fingerprint density at radius 2 is 1.94 bits per heavy atom. The van der Waals surface area contributed by atoms with Gasteiger partial charge in [-0.1, -0.05) is 36.3 Å². The van der Waals surface area contributed by atoms with Crippen LogP contribution < -0.4 is 20.1 Å². The van der Waals surface area contributed by atoms with E-state index in [-0.39, 0.29) is 24.7 Å². The minimum absolute atomic E-state index is 0.0705. The van der Waals surface area contributed by atoms with Gasteiger partial charge in [0.15, 0.2) is 5.82 Å². The summed E-state index contributed by atoms with van der Waals surface area (Å²) in [6.07, 6.45) is 4.66. The van der Waals surface area contributed by atoms with Crippen LogP contribution in [-0.2, 0) is 13.0 Å². The molecule has 2 aromatic carbocycles. The predicted octanol–water partition coefficient (Wildman–Crippen LogP) is 3.25. The highest BCUT2D eigenvalue weighted by Gasteiger charge is 2.46. The highest BCUT2D eigenvalue weighted by molar-refractivity contribution is 5.47. The lowest BCUT2D eigenvalue weighted by molar-refractivity contribution is 0.186. The van der Waals surface area contributed by atoms with Crippen molar-refractivity contribution in [1.82, 2.24) is 9.97 Å². The van der Waals surface area contributed by atoms with Gasteiger partial charge in [0.05, 0.1) is 19.9 Å². The smallest absolute Gasteiger partial charge is 0.152 e. The number of methoxy groups -OCH3 is 1. The van der Waals surface area contributed by atoms with Gasteiger partial charge in [0.25, 0.3) is 0 Å². The highest BCUT2D eigenvalue weighted by atomic mass is 16.5. The van der Waals surface area contributed by atoms with Gasteiger partial charge in [-0.2, -0.15) is 0 Å². The zero-order chi connectivity index (χ0) is 24.3. The molecule has 1 aromatic heterocycles. The van der Waals surface area contributed by atoms with Crippen LogP contribution >= 0.6 is 0 Å². The van der Waals surface area contributed by atoms with E-state index in [1.807, 2.05) is 18.2 Å². The molecular formula is C28H30N4O3. The number of anilines is 1. The molecule has 3 N–H and O–H groups in total. The molecule has 3 aromatic rings. The van der Waals surface area contributed by atoms with Crippen molar-refractivity contribution in [3.8, 4) is 23.3 Å². The van der Waals surface area contributed by atoms with Gasteiger partial charge in [-0.05, 0) is 53.9 Å². The third-order valence-electron chi connectivity index (χ3n) is 7.19. The van der Waals surface area contributed by atoms with Gasteiger partial charge in [-0.3, -0.25) is 0 Å². The first-order chi connectivity index (χ1) is 17.1. The topological polar surface area (TPSA) is 93.7 Å². The van der Waals surface area contributed by atoms with Crippen molar-refractivity contribution in [2.45, 2.75) is 31.9 Å². The van der Waals surface area contributed by atoms with E-state index in [0.717, 1.165) is 43.9 Å². The molecule has 5 rings (SSSR count). The summed E-state index contributed by atoms with van der Waals surface area (Å²) in [5.74, 6) is 8.08. The standard InChI is InChI=1S/C28H30N4O3/c1-34-22-8-4-9-23(16-22)35-15-5-7-21-18-30-27(25(19-33)31-21)32-13-11-28(12-14-32)17-20-6-2-3-10-24(20)26(28)29/h2-4,6,8-10,16,18,26,33H,11-15,17,19,29H2,1H3/t26-/m1/s1. The maximum atomic E-state index is 9.97. The molecule has 2 aliphatic rings. The average Bonchev–Trinajstić information content (AvgIpc) is 3.18. The Morgan fingerprint density at radius 1 is 1.14 bits per heavy atom. The van der Waals surface area contributed by atoms with Crippen LogP contribution in [0.2, 0.25) is 0 Å². The number of aliphatic hydroxyl groups excluding tert-OH is 1. The third kappa shape index (κ3) is 4.68. The van der Waals surface area contributed by atoms with Crippen molar-refractivity contribution < 1.29 is 14.6 Å². The number of rotatable bonds is 5. The van der Waals surface area contributed by atoms with Crippen molar-refractivity contribution in [3.63, 3.8) is 0 Å². The average molecular weight is 471 g/mol. The molecule has 7 nitrogen and oxygen atoms in total. The highest BCUT2D eigenvalue weighted by Crippen LogP contribution is 2.50. The number of ether oxygens (including phenoxy) is 2. The fraction of sp³-hybridized carbons (Fsp3) is 0.357. The molecule has 0 bridgehead atoms. The van der Waals surface area contributed by atoms with Crippen molar-refractivity contribution in [3.05, 3.63) is 77.2 Å². The largest absolute Gasteiger partial charge is 0.497 e. The molecule has 0 radical (unpaired) electrons. The van der Waals surface area contributed by atoms with E-state index in [4.69, 9.17) is 15.2 Å². The van der Waals surface area contributed by atoms with Gasteiger partial charge in [-0.25, -0.2) is 9.97 Å². The van der Waals surface area contributed by atoms with Crippen molar-refractivity contribution in [1.29, 1.82) is 0 Å². The van der Waals surface area contributed by atoms with Crippen LogP contribution in [0.1, 0.15) is 41.4 Å². The molecule has 0 unspecified atom stereocenters. The fourth-order valence-corrected chi connectivity index (χ4v) is 5.26. The molecule has 35 heavy (non-hydrogen) atoms. The summed E-state index contributed by atoms with van der Waals surface area (Å²) in [5.41, 5.74) is 10.5. The summed E-state index contributed by atoms with van der Waals surface area (Å²) in [7, 11) is 1.62. The number of nitrogens with zero attached hydrogens (tertiary/aromatic N) is 3. The summed E-state index contributed by atoms with van der Waals surface area (Å²) < 4.78 is 10.9. The molecule has 1 saturated heterocycles. The normalized spacial score (nSPS) is 18.0. The van der Waals surface area contributed by atoms with Gasteiger partial charge < -0.3 is 25.2 Å². The molecule has 2 heterocycles. The van der Waals surface area contributed by atoms with Crippen molar-refractivity contribution in [2.75, 3.05) is 31.7 Å². The Kier molecular flexibility index (Phi) is 6.58. The van der Waals surface area contributed by atoms with E-state index in [2.05, 4.69) is 51.0 Å². The minimum Gasteiger partial charge on any atom is -0.497 e. The molecule has 0 saturated carbocycles.